The predicted molar refractivity (Wildman–Crippen MR) is 36.5 cm³/mol. The molecule has 0 radical (unpaired) electrons. The van der Waals surface area contributed by atoms with E-state index >= 15 is 0 Å². The van der Waals surface area contributed by atoms with Crippen LogP contribution in [0.3, 0.4) is 0 Å². The zero-order valence-electron chi connectivity index (χ0n) is 6.05. The van der Waals surface area contributed by atoms with Gasteiger partial charge in [0.2, 0.25) is 0 Å². The van der Waals surface area contributed by atoms with Crippen molar-refractivity contribution < 1.29 is 4.65 Å². The molecule has 1 rings (SSSR count). The molecule has 0 bridgehead atoms. The van der Waals surface area contributed by atoms with Crippen molar-refractivity contribution in [2.75, 3.05) is 20.6 Å². The zero-order chi connectivity index (χ0) is 6.91. The van der Waals surface area contributed by atoms with Gasteiger partial charge in [0, 0.05) is 13.0 Å². The van der Waals surface area contributed by atoms with Crippen LogP contribution in [0.5, 0.6) is 0 Å². The molecule has 1 N–H and O–H groups in total. The highest BCUT2D eigenvalue weighted by molar-refractivity contribution is 4.65. The first-order chi connectivity index (χ1) is 4.11. The molecule has 0 aromatic rings. The summed E-state index contributed by atoms with van der Waals surface area (Å²) in [7, 11) is 3.37. The lowest BCUT2D eigenvalue weighted by Gasteiger charge is -2.39. The molecule has 0 aliphatic carbocycles. The van der Waals surface area contributed by atoms with Crippen LogP contribution in [0.25, 0.3) is 0 Å². The number of hydrogen-bond donors (Lipinski definition) is 1. The summed E-state index contributed by atoms with van der Waals surface area (Å²) in [6, 6.07) is 0. The molecular weight excluding hydrogens is 116 g/mol. The van der Waals surface area contributed by atoms with Gasteiger partial charge in [-0.3, -0.25) is 5.32 Å². The number of quaternary nitrogens is 1. The maximum absolute atomic E-state index is 11.2. The fourth-order valence-corrected chi connectivity index (χ4v) is 1.20. The standard InChI is InChI=1S/C6H14N2O/c1-8(2,9)6-4-3-5-7-6/h6-7H,3-5H2,1-2H3. The highest BCUT2D eigenvalue weighted by Crippen LogP contribution is 2.12. The summed E-state index contributed by atoms with van der Waals surface area (Å²) in [6.45, 7) is 1.01. The van der Waals surface area contributed by atoms with Gasteiger partial charge in [-0.2, -0.15) is 0 Å². The van der Waals surface area contributed by atoms with E-state index in [0.717, 1.165) is 19.4 Å². The van der Waals surface area contributed by atoms with Crippen LogP contribution in [0.15, 0.2) is 0 Å². The minimum Gasteiger partial charge on any atom is -0.632 e. The summed E-state index contributed by atoms with van der Waals surface area (Å²) in [5.41, 5.74) is 0. The number of rotatable bonds is 1. The second-order valence-corrected chi connectivity index (χ2v) is 3.05. The van der Waals surface area contributed by atoms with Gasteiger partial charge < -0.3 is 9.85 Å². The summed E-state index contributed by atoms with van der Waals surface area (Å²) in [5.74, 6) is 0. The van der Waals surface area contributed by atoms with Crippen LogP contribution < -0.4 is 5.32 Å². The van der Waals surface area contributed by atoms with Crippen LogP contribution in [0.2, 0.25) is 0 Å². The number of hydroxylamine groups is 3. The molecule has 0 aromatic carbocycles. The molecule has 9 heavy (non-hydrogen) atoms. The van der Waals surface area contributed by atoms with Crippen molar-refractivity contribution in [3.8, 4) is 0 Å². The Balaban J connectivity index is 2.42. The van der Waals surface area contributed by atoms with Gasteiger partial charge in [0.25, 0.3) is 0 Å². The third kappa shape index (κ3) is 1.64. The van der Waals surface area contributed by atoms with Crippen molar-refractivity contribution in [2.45, 2.75) is 19.0 Å². The smallest absolute Gasteiger partial charge is 0.142 e. The van der Waals surface area contributed by atoms with Gasteiger partial charge >= 0.3 is 0 Å². The molecule has 1 aliphatic rings. The molecule has 1 fully saturated rings. The van der Waals surface area contributed by atoms with Crippen LogP contribution in [0, 0.1) is 5.21 Å². The normalized spacial score (nSPS) is 29.0. The Morgan fingerprint density at radius 1 is 1.56 bits per heavy atom. The molecule has 1 heterocycles. The first-order valence-electron chi connectivity index (χ1n) is 3.39. The molecule has 1 atom stereocenters. The second kappa shape index (κ2) is 2.25. The quantitative estimate of drug-likeness (QED) is 0.408. The SMILES string of the molecule is C[N+](C)([O-])C1CCCN1. The van der Waals surface area contributed by atoms with Gasteiger partial charge in [0.05, 0.1) is 14.1 Å². The summed E-state index contributed by atoms with van der Waals surface area (Å²) in [4.78, 5) is 0. The van der Waals surface area contributed by atoms with E-state index in [-0.39, 0.29) is 10.8 Å². The van der Waals surface area contributed by atoms with Crippen molar-refractivity contribution in [3.05, 3.63) is 5.21 Å². The Morgan fingerprint density at radius 3 is 2.44 bits per heavy atom. The lowest BCUT2D eigenvalue weighted by molar-refractivity contribution is -0.868. The van der Waals surface area contributed by atoms with E-state index in [1.807, 2.05) is 0 Å². The molecular formula is C6H14N2O. The van der Waals surface area contributed by atoms with E-state index in [2.05, 4.69) is 5.32 Å². The van der Waals surface area contributed by atoms with Gasteiger partial charge in [-0.05, 0) is 6.42 Å². The number of nitrogens with zero attached hydrogens (tertiary/aromatic N) is 1. The third-order valence-electron chi connectivity index (χ3n) is 1.78. The Labute approximate surface area is 55.8 Å². The van der Waals surface area contributed by atoms with Crippen LogP contribution in [0.4, 0.5) is 0 Å². The maximum Gasteiger partial charge on any atom is 0.142 e. The number of nitrogens with one attached hydrogen (secondary N) is 1. The topological polar surface area (TPSA) is 35.1 Å². The minimum atomic E-state index is -0.194. The molecule has 3 heteroatoms. The molecule has 0 amide bonds. The van der Waals surface area contributed by atoms with Crippen molar-refractivity contribution in [3.63, 3.8) is 0 Å². The molecule has 1 aliphatic heterocycles. The van der Waals surface area contributed by atoms with Gasteiger partial charge in [0.1, 0.15) is 6.17 Å². The second-order valence-electron chi connectivity index (χ2n) is 3.05. The summed E-state index contributed by atoms with van der Waals surface area (Å²) in [6.07, 6.45) is 2.32. The Kier molecular flexibility index (Phi) is 1.75. The fourth-order valence-electron chi connectivity index (χ4n) is 1.20. The van der Waals surface area contributed by atoms with E-state index in [4.69, 9.17) is 0 Å². The summed E-state index contributed by atoms with van der Waals surface area (Å²) >= 11 is 0. The van der Waals surface area contributed by atoms with Crippen molar-refractivity contribution >= 4 is 0 Å². The maximum atomic E-state index is 11.2. The molecule has 0 aromatic heterocycles. The fraction of sp³-hybridized carbons (Fsp3) is 1.00. The zero-order valence-corrected chi connectivity index (χ0v) is 6.05. The molecule has 1 unspecified atom stereocenters. The van der Waals surface area contributed by atoms with Crippen LogP contribution >= 0.6 is 0 Å². The van der Waals surface area contributed by atoms with E-state index in [9.17, 15) is 5.21 Å². The Morgan fingerprint density at radius 2 is 2.22 bits per heavy atom. The average molecular weight is 130 g/mol. The first-order valence-corrected chi connectivity index (χ1v) is 3.39. The Hall–Kier alpha value is -0.120. The lowest BCUT2D eigenvalue weighted by atomic mass is 10.3. The van der Waals surface area contributed by atoms with E-state index < -0.39 is 0 Å². The Bertz CT molecular complexity index is 91.7. The average Bonchev–Trinajstić information content (AvgIpc) is 2.08. The highest BCUT2D eigenvalue weighted by Gasteiger charge is 2.23. The van der Waals surface area contributed by atoms with Crippen molar-refractivity contribution in [1.82, 2.24) is 5.32 Å². The van der Waals surface area contributed by atoms with Gasteiger partial charge in [-0.25, -0.2) is 0 Å². The van der Waals surface area contributed by atoms with Gasteiger partial charge in [0.15, 0.2) is 0 Å². The molecule has 0 saturated carbocycles. The monoisotopic (exact) mass is 130 g/mol. The summed E-state index contributed by atoms with van der Waals surface area (Å²) < 4.78 is -0.194. The molecule has 0 spiro atoms. The van der Waals surface area contributed by atoms with Crippen LogP contribution in [0.1, 0.15) is 12.8 Å². The van der Waals surface area contributed by atoms with E-state index in [1.165, 1.54) is 0 Å². The van der Waals surface area contributed by atoms with Crippen LogP contribution in [-0.2, 0) is 0 Å². The van der Waals surface area contributed by atoms with Gasteiger partial charge in [-0.15, -0.1) is 0 Å². The first kappa shape index (κ1) is 6.99. The largest absolute Gasteiger partial charge is 0.632 e. The minimum absolute atomic E-state index is 0.144. The molecule has 1 saturated heterocycles. The van der Waals surface area contributed by atoms with Crippen molar-refractivity contribution in [1.29, 1.82) is 0 Å². The van der Waals surface area contributed by atoms with E-state index in [1.54, 1.807) is 14.1 Å². The van der Waals surface area contributed by atoms with Gasteiger partial charge in [-0.1, -0.05) is 0 Å². The van der Waals surface area contributed by atoms with Crippen molar-refractivity contribution in [2.24, 2.45) is 0 Å². The number of hydrogen-bond acceptors (Lipinski definition) is 2. The lowest BCUT2D eigenvalue weighted by Crippen LogP contribution is -2.48. The molecule has 54 valence electrons. The predicted octanol–water partition coefficient (Wildman–Crippen LogP) is 0.270. The van der Waals surface area contributed by atoms with E-state index in [0.29, 0.717) is 0 Å². The van der Waals surface area contributed by atoms with Crippen LogP contribution in [-0.4, -0.2) is 31.5 Å². The highest BCUT2D eigenvalue weighted by atomic mass is 16.5. The molecule has 3 nitrogen and oxygen atoms in total. The third-order valence-corrected chi connectivity index (χ3v) is 1.78. The summed E-state index contributed by atoms with van der Waals surface area (Å²) in [5, 5.41) is 14.3.